The summed E-state index contributed by atoms with van der Waals surface area (Å²) in [6.07, 6.45) is -4.88. The first-order valence-electron chi connectivity index (χ1n) is 15.9. The van der Waals surface area contributed by atoms with Crippen molar-refractivity contribution in [2.75, 3.05) is 47.4 Å². The minimum absolute atomic E-state index is 0.0354. The number of aliphatic hydroxyl groups is 3. The van der Waals surface area contributed by atoms with Gasteiger partial charge in [-0.1, -0.05) is 0 Å². The smallest absolute Gasteiger partial charge is 0.358 e. The van der Waals surface area contributed by atoms with Gasteiger partial charge < -0.3 is 67.4 Å². The topological polar surface area (TPSA) is 179 Å². The van der Waals surface area contributed by atoms with Crippen LogP contribution in [-0.4, -0.2) is 111 Å². The molecule has 0 amide bonds. The first-order chi connectivity index (χ1) is 23.7. The molecule has 7 rings (SSSR count). The molecule has 0 radical (unpaired) electrons. The fourth-order valence-corrected chi connectivity index (χ4v) is 7.31. The lowest BCUT2D eigenvalue weighted by Crippen LogP contribution is -2.56. The van der Waals surface area contributed by atoms with Crippen molar-refractivity contribution in [3.8, 4) is 28.7 Å². The molecule has 10 atom stereocenters. The van der Waals surface area contributed by atoms with Crippen LogP contribution in [0.2, 0.25) is 0 Å². The number of carbonyl (C=O) groups excluding carboxylic acids is 1. The Hall–Kier alpha value is -3.48. The number of aliphatic hydroxyl groups excluding tert-OH is 3. The summed E-state index contributed by atoms with van der Waals surface area (Å²) in [5.74, 6) is -0.516. The number of benzene rings is 2. The Morgan fingerprint density at radius 2 is 1.73 bits per heavy atom. The van der Waals surface area contributed by atoms with Crippen molar-refractivity contribution >= 4 is 23.4 Å². The van der Waals surface area contributed by atoms with E-state index in [4.69, 9.17) is 69.4 Å². The van der Waals surface area contributed by atoms with Gasteiger partial charge in [0.1, 0.15) is 24.9 Å². The van der Waals surface area contributed by atoms with E-state index in [0.717, 1.165) is 11.1 Å². The summed E-state index contributed by atoms with van der Waals surface area (Å²) in [5, 5.41) is 29.4. The Balaban J connectivity index is 1.25. The fraction of sp³-hybridized carbons (Fsp3) is 0.576. The van der Waals surface area contributed by atoms with Crippen LogP contribution in [0.4, 0.5) is 0 Å². The summed E-state index contributed by atoms with van der Waals surface area (Å²) < 4.78 is 63.9. The highest BCUT2D eigenvalue weighted by atomic mass is 32.1. The van der Waals surface area contributed by atoms with E-state index in [1.165, 1.54) is 14.2 Å². The normalized spacial score (nSPS) is 31.9. The van der Waals surface area contributed by atoms with E-state index >= 15 is 0 Å². The van der Waals surface area contributed by atoms with E-state index < -0.39 is 73.4 Å². The second-order valence-corrected chi connectivity index (χ2v) is 12.7. The Labute approximate surface area is 286 Å². The molecule has 4 heterocycles. The van der Waals surface area contributed by atoms with Crippen LogP contribution in [0.5, 0.6) is 28.7 Å². The van der Waals surface area contributed by atoms with Crippen molar-refractivity contribution in [1.82, 2.24) is 0 Å². The van der Waals surface area contributed by atoms with Gasteiger partial charge in [0.25, 0.3) is 0 Å². The zero-order valence-electron chi connectivity index (χ0n) is 27.0. The SMILES string of the molecule is COc1cc([C@@H]2c3cc4c(cc3C(O[C@H]3C[C@@H](O)[C@@H]5O[C@H](C)OC[C@H]5O3)C3COC(=O)[C@@H]32)OCO4)cc(OC)c1OC(=S)OCC(O)CO. The molecule has 0 spiro atoms. The van der Waals surface area contributed by atoms with Gasteiger partial charge in [-0.3, -0.25) is 4.79 Å². The molecule has 0 aromatic heterocycles. The number of fused-ring (bicyclic) bond motifs is 4. The first kappa shape index (κ1) is 34.0. The van der Waals surface area contributed by atoms with E-state index in [0.29, 0.717) is 17.1 Å². The molecule has 16 heteroatoms. The Morgan fingerprint density at radius 1 is 1.02 bits per heavy atom. The molecule has 49 heavy (non-hydrogen) atoms. The number of ether oxygens (including phenoxy) is 11. The van der Waals surface area contributed by atoms with Crippen molar-refractivity contribution in [1.29, 1.82) is 0 Å². The summed E-state index contributed by atoms with van der Waals surface area (Å²) in [7, 11) is 2.89. The average Bonchev–Trinajstić information content (AvgIpc) is 3.72. The molecule has 15 nitrogen and oxygen atoms in total. The van der Waals surface area contributed by atoms with E-state index in [2.05, 4.69) is 0 Å². The zero-order valence-corrected chi connectivity index (χ0v) is 27.8. The van der Waals surface area contributed by atoms with Crippen LogP contribution in [0.25, 0.3) is 0 Å². The number of esters is 1. The van der Waals surface area contributed by atoms with Gasteiger partial charge in [-0.2, -0.15) is 0 Å². The van der Waals surface area contributed by atoms with E-state index in [1.54, 1.807) is 19.1 Å². The molecule has 3 unspecified atom stereocenters. The highest BCUT2D eigenvalue weighted by Crippen LogP contribution is 2.57. The first-order valence-corrected chi connectivity index (χ1v) is 16.3. The summed E-state index contributed by atoms with van der Waals surface area (Å²) in [6, 6.07) is 7.14. The van der Waals surface area contributed by atoms with Crippen molar-refractivity contribution in [2.45, 2.75) is 62.4 Å². The molecule has 2 aromatic carbocycles. The standard InChI is InChI=1S/C33H38O15S/c1-14-40-12-25-30(45-14)20(36)8-26(46-25)47-29-18-7-22-21(43-13-44-22)6-17(18)27(28-19(29)11-41-32(28)37)15-4-23(38-2)31(24(5-15)39-3)48-33(49)42-10-16(35)9-34/h4-7,14,16,19-20,25-30,34-36H,8-13H2,1-3H3/t14-,16?,19?,20-,25-,26+,27-,28+,29?,30+/m1/s1. The second kappa shape index (κ2) is 14.0. The number of hydrogen-bond donors (Lipinski definition) is 3. The quantitative estimate of drug-likeness (QED) is 0.253. The summed E-state index contributed by atoms with van der Waals surface area (Å²) >= 11 is 5.19. The molecule has 3 N–H and O–H groups in total. The van der Waals surface area contributed by atoms with Gasteiger partial charge in [0, 0.05) is 30.5 Å². The predicted octanol–water partition coefficient (Wildman–Crippen LogP) is 1.70. The van der Waals surface area contributed by atoms with E-state index in [9.17, 15) is 15.0 Å². The number of thiocarbonyl (C=S) groups is 1. The maximum absolute atomic E-state index is 13.6. The molecule has 0 saturated carbocycles. The van der Waals surface area contributed by atoms with Gasteiger partial charge in [-0.25, -0.2) is 0 Å². The molecule has 3 fully saturated rings. The third kappa shape index (κ3) is 6.47. The molecule has 1 aliphatic carbocycles. The van der Waals surface area contributed by atoms with Gasteiger partial charge in [0.2, 0.25) is 12.5 Å². The lowest BCUT2D eigenvalue weighted by atomic mass is 9.66. The molecule has 0 bridgehead atoms. The number of methoxy groups -OCH3 is 2. The van der Waals surface area contributed by atoms with Gasteiger partial charge >= 0.3 is 11.2 Å². The van der Waals surface area contributed by atoms with Crippen LogP contribution in [0.15, 0.2) is 24.3 Å². The van der Waals surface area contributed by atoms with Gasteiger partial charge in [0.15, 0.2) is 35.6 Å². The third-order valence-electron chi connectivity index (χ3n) is 9.40. The molecule has 3 saturated heterocycles. The fourth-order valence-electron chi connectivity index (χ4n) is 7.16. The number of cyclic esters (lactones) is 1. The minimum atomic E-state index is -1.15. The highest BCUT2D eigenvalue weighted by molar-refractivity contribution is 7.79. The Morgan fingerprint density at radius 3 is 2.43 bits per heavy atom. The maximum Gasteiger partial charge on any atom is 0.358 e. The zero-order chi connectivity index (χ0) is 34.4. The van der Waals surface area contributed by atoms with E-state index in [1.807, 2.05) is 12.1 Å². The predicted molar refractivity (Wildman–Crippen MR) is 168 cm³/mol. The van der Waals surface area contributed by atoms with Crippen LogP contribution in [-0.2, 0) is 33.2 Å². The molecular weight excluding hydrogens is 668 g/mol. The van der Waals surface area contributed by atoms with Gasteiger partial charge in [-0.15, -0.1) is 0 Å². The van der Waals surface area contributed by atoms with Crippen molar-refractivity contribution in [2.24, 2.45) is 11.8 Å². The minimum Gasteiger partial charge on any atom is -0.493 e. The second-order valence-electron chi connectivity index (χ2n) is 12.4. The molecule has 266 valence electrons. The molecule has 5 aliphatic rings. The van der Waals surface area contributed by atoms with E-state index in [-0.39, 0.29) is 55.5 Å². The van der Waals surface area contributed by atoms with Gasteiger partial charge in [0.05, 0.1) is 52.2 Å². The van der Waals surface area contributed by atoms with Crippen molar-refractivity contribution in [3.05, 3.63) is 41.0 Å². The summed E-state index contributed by atoms with van der Waals surface area (Å²) in [5.41, 5.74) is 2.12. The maximum atomic E-state index is 13.6. The molecule has 2 aromatic rings. The monoisotopic (exact) mass is 706 g/mol. The molecule has 4 aliphatic heterocycles. The molecular formula is C33H38O15S. The van der Waals surface area contributed by atoms with Crippen molar-refractivity contribution < 1.29 is 72.2 Å². The average molecular weight is 707 g/mol. The largest absolute Gasteiger partial charge is 0.493 e. The van der Waals surface area contributed by atoms with Crippen LogP contribution in [0, 0.1) is 11.8 Å². The lowest BCUT2D eigenvalue weighted by molar-refractivity contribution is -0.338. The number of rotatable bonds is 9. The summed E-state index contributed by atoms with van der Waals surface area (Å²) in [6.45, 7) is 1.34. The van der Waals surface area contributed by atoms with Crippen LogP contribution in [0.1, 0.15) is 42.1 Å². The van der Waals surface area contributed by atoms with Gasteiger partial charge in [-0.05, 0) is 47.9 Å². The number of carbonyl (C=O) groups is 1. The summed E-state index contributed by atoms with van der Waals surface area (Å²) in [4.78, 5) is 13.6. The van der Waals surface area contributed by atoms with Crippen LogP contribution < -0.4 is 23.7 Å². The number of hydrogen-bond acceptors (Lipinski definition) is 16. The Kier molecular flexibility index (Phi) is 9.73. The highest BCUT2D eigenvalue weighted by Gasteiger charge is 2.54. The lowest BCUT2D eigenvalue weighted by Gasteiger charge is -2.45. The third-order valence-corrected chi connectivity index (χ3v) is 9.60. The van der Waals surface area contributed by atoms with Crippen LogP contribution >= 0.6 is 12.2 Å². The van der Waals surface area contributed by atoms with Crippen molar-refractivity contribution in [3.63, 3.8) is 0 Å². The Bertz CT molecular complexity index is 1540. The van der Waals surface area contributed by atoms with Crippen LogP contribution in [0.3, 0.4) is 0 Å².